The highest BCUT2D eigenvalue weighted by atomic mass is 32.1. The molecule has 0 spiro atoms. The zero-order valence-electron chi connectivity index (χ0n) is 18.0. The molecule has 0 unspecified atom stereocenters. The molecule has 3 aromatic rings. The Morgan fingerprint density at radius 1 is 1.00 bits per heavy atom. The largest absolute Gasteiger partial charge is 0.497 e. The summed E-state index contributed by atoms with van der Waals surface area (Å²) in [7, 11) is 1.64. The van der Waals surface area contributed by atoms with Crippen molar-refractivity contribution >= 4 is 17.1 Å². The molecule has 0 fully saturated rings. The van der Waals surface area contributed by atoms with Gasteiger partial charge in [-0.3, -0.25) is 4.79 Å². The lowest BCUT2D eigenvalue weighted by molar-refractivity contribution is 0.104. The van der Waals surface area contributed by atoms with Gasteiger partial charge in [-0.25, -0.2) is 0 Å². The van der Waals surface area contributed by atoms with Gasteiger partial charge in [0.1, 0.15) is 17.2 Å². The predicted octanol–water partition coefficient (Wildman–Crippen LogP) is 7.33. The van der Waals surface area contributed by atoms with Crippen LogP contribution in [0.1, 0.15) is 79.3 Å². The Labute approximate surface area is 183 Å². The van der Waals surface area contributed by atoms with Gasteiger partial charge >= 0.3 is 0 Å². The third-order valence-corrected chi connectivity index (χ3v) is 6.22. The van der Waals surface area contributed by atoms with E-state index < -0.39 is 0 Å². The number of nitrogens with zero attached hydrogens (tertiary/aromatic N) is 1. The van der Waals surface area contributed by atoms with E-state index in [1.807, 2.05) is 41.8 Å². The second kappa shape index (κ2) is 11.7. The van der Waals surface area contributed by atoms with Crippen molar-refractivity contribution in [1.82, 2.24) is 5.16 Å². The van der Waals surface area contributed by atoms with E-state index in [-0.39, 0.29) is 5.78 Å². The molecule has 4 nitrogen and oxygen atoms in total. The molecule has 30 heavy (non-hydrogen) atoms. The molecule has 0 N–H and O–H groups in total. The van der Waals surface area contributed by atoms with Crippen LogP contribution in [0.15, 0.2) is 46.3 Å². The van der Waals surface area contributed by atoms with Crippen LogP contribution in [0, 0.1) is 0 Å². The molecular formula is C25H31NO3S. The van der Waals surface area contributed by atoms with E-state index in [1.54, 1.807) is 7.11 Å². The van der Waals surface area contributed by atoms with Gasteiger partial charge < -0.3 is 9.26 Å². The van der Waals surface area contributed by atoms with Gasteiger partial charge in [0, 0.05) is 12.0 Å². The Kier molecular flexibility index (Phi) is 8.69. The van der Waals surface area contributed by atoms with E-state index >= 15 is 0 Å². The second-order valence-electron chi connectivity index (χ2n) is 7.59. The number of carbonyl (C=O) groups excluding carboxylic acids is 1. The lowest BCUT2D eigenvalue weighted by atomic mass is 9.98. The van der Waals surface area contributed by atoms with Crippen molar-refractivity contribution in [2.75, 3.05) is 7.11 Å². The van der Waals surface area contributed by atoms with Gasteiger partial charge in [0.15, 0.2) is 0 Å². The summed E-state index contributed by atoms with van der Waals surface area (Å²) in [6.07, 6.45) is 10.7. The second-order valence-corrected chi connectivity index (χ2v) is 8.54. The lowest BCUT2D eigenvalue weighted by Crippen LogP contribution is -2.03. The topological polar surface area (TPSA) is 52.3 Å². The highest BCUT2D eigenvalue weighted by Gasteiger charge is 2.25. The Morgan fingerprint density at radius 2 is 1.70 bits per heavy atom. The van der Waals surface area contributed by atoms with Gasteiger partial charge in [0.05, 0.1) is 17.6 Å². The maximum Gasteiger partial charge on any atom is 0.208 e. The SMILES string of the molecule is CCCCCCCCCCc1onc(-c2ccc(OC)cc2)c1C(=O)c1cccs1. The number of unbranched alkanes of at least 4 members (excludes halogenated alkanes) is 7. The number of aryl methyl sites for hydroxylation is 1. The molecule has 0 aliphatic carbocycles. The van der Waals surface area contributed by atoms with E-state index in [0.717, 1.165) is 30.6 Å². The summed E-state index contributed by atoms with van der Waals surface area (Å²) in [5.41, 5.74) is 2.08. The summed E-state index contributed by atoms with van der Waals surface area (Å²) < 4.78 is 10.9. The van der Waals surface area contributed by atoms with Crippen LogP contribution in [0.5, 0.6) is 5.75 Å². The first kappa shape index (κ1) is 22.3. The number of benzene rings is 1. The fourth-order valence-corrected chi connectivity index (χ4v) is 4.30. The number of hydrogen-bond donors (Lipinski definition) is 0. The van der Waals surface area contributed by atoms with E-state index in [0.29, 0.717) is 21.9 Å². The van der Waals surface area contributed by atoms with Crippen LogP contribution in [0.4, 0.5) is 0 Å². The number of carbonyl (C=O) groups is 1. The number of hydrogen-bond acceptors (Lipinski definition) is 5. The molecule has 2 heterocycles. The summed E-state index contributed by atoms with van der Waals surface area (Å²) in [6, 6.07) is 11.3. The van der Waals surface area contributed by atoms with Crippen LogP contribution in [0.3, 0.4) is 0 Å². The fraction of sp³-hybridized carbons (Fsp3) is 0.440. The first-order chi connectivity index (χ1) is 14.7. The number of rotatable bonds is 13. The molecule has 0 aliphatic rings. The smallest absolute Gasteiger partial charge is 0.208 e. The highest BCUT2D eigenvalue weighted by Crippen LogP contribution is 2.31. The van der Waals surface area contributed by atoms with Gasteiger partial charge in [-0.05, 0) is 42.1 Å². The van der Waals surface area contributed by atoms with Gasteiger partial charge in [0.25, 0.3) is 0 Å². The summed E-state index contributed by atoms with van der Waals surface area (Å²) in [5, 5.41) is 6.21. The van der Waals surface area contributed by atoms with Crippen molar-refractivity contribution in [2.24, 2.45) is 0 Å². The first-order valence-corrected chi connectivity index (χ1v) is 11.8. The molecule has 0 bridgehead atoms. The minimum absolute atomic E-state index is 0.00775. The van der Waals surface area contributed by atoms with Crippen LogP contribution in [-0.2, 0) is 6.42 Å². The highest BCUT2D eigenvalue weighted by molar-refractivity contribution is 7.12. The maximum absolute atomic E-state index is 13.2. The van der Waals surface area contributed by atoms with Crippen LogP contribution in [0.25, 0.3) is 11.3 Å². The third-order valence-electron chi connectivity index (χ3n) is 5.36. The average molecular weight is 426 g/mol. The Morgan fingerprint density at radius 3 is 2.33 bits per heavy atom. The van der Waals surface area contributed by atoms with Crippen LogP contribution >= 0.6 is 11.3 Å². The summed E-state index contributed by atoms with van der Waals surface area (Å²) in [6.45, 7) is 2.24. The average Bonchev–Trinajstić information content (AvgIpc) is 3.46. The van der Waals surface area contributed by atoms with Crippen LogP contribution in [0.2, 0.25) is 0 Å². The number of ketones is 1. The zero-order chi connectivity index (χ0) is 21.2. The third kappa shape index (κ3) is 5.82. The molecule has 0 atom stereocenters. The van der Waals surface area contributed by atoms with Crippen LogP contribution in [-0.4, -0.2) is 18.0 Å². The Bertz CT molecular complexity index is 897. The molecular weight excluding hydrogens is 394 g/mol. The maximum atomic E-state index is 13.2. The van der Waals surface area contributed by atoms with E-state index in [9.17, 15) is 4.79 Å². The minimum Gasteiger partial charge on any atom is -0.497 e. The van der Waals surface area contributed by atoms with Crippen molar-refractivity contribution in [3.8, 4) is 17.0 Å². The molecule has 0 saturated heterocycles. The fourth-order valence-electron chi connectivity index (χ4n) is 3.63. The Balaban J connectivity index is 1.71. The van der Waals surface area contributed by atoms with Gasteiger partial charge in [0.2, 0.25) is 5.78 Å². The molecule has 5 heteroatoms. The van der Waals surface area contributed by atoms with Gasteiger partial charge in [-0.15, -0.1) is 11.3 Å². The van der Waals surface area contributed by atoms with Gasteiger partial charge in [-0.2, -0.15) is 0 Å². The normalized spacial score (nSPS) is 11.0. The number of ether oxygens (including phenoxy) is 1. The quantitative estimate of drug-likeness (QED) is 0.212. The number of aromatic nitrogens is 1. The Hall–Kier alpha value is -2.40. The molecule has 0 aliphatic heterocycles. The van der Waals surface area contributed by atoms with E-state index in [4.69, 9.17) is 9.26 Å². The summed E-state index contributed by atoms with van der Waals surface area (Å²) in [4.78, 5) is 13.9. The molecule has 3 rings (SSSR count). The van der Waals surface area contributed by atoms with E-state index in [2.05, 4.69) is 12.1 Å². The minimum atomic E-state index is -0.00775. The van der Waals surface area contributed by atoms with Crippen LogP contribution < -0.4 is 4.74 Å². The lowest BCUT2D eigenvalue weighted by Gasteiger charge is -2.05. The number of methoxy groups -OCH3 is 1. The molecule has 160 valence electrons. The standard InChI is InChI=1S/C25H31NO3S/c1-3-4-5-6-7-8-9-10-12-21-23(25(27)22-13-11-18-30-22)24(26-29-21)19-14-16-20(28-2)17-15-19/h11,13-18H,3-10,12H2,1-2H3. The van der Waals surface area contributed by atoms with Crippen molar-refractivity contribution in [1.29, 1.82) is 0 Å². The molecule has 0 radical (unpaired) electrons. The van der Waals surface area contributed by atoms with Crippen molar-refractivity contribution < 1.29 is 14.1 Å². The van der Waals surface area contributed by atoms with Crippen molar-refractivity contribution in [2.45, 2.75) is 64.7 Å². The summed E-state index contributed by atoms with van der Waals surface area (Å²) in [5.74, 6) is 1.46. The summed E-state index contributed by atoms with van der Waals surface area (Å²) >= 11 is 1.45. The zero-order valence-corrected chi connectivity index (χ0v) is 18.8. The van der Waals surface area contributed by atoms with Crippen molar-refractivity contribution in [3.05, 3.63) is 58.0 Å². The first-order valence-electron chi connectivity index (χ1n) is 11.0. The monoisotopic (exact) mass is 425 g/mol. The van der Waals surface area contributed by atoms with Gasteiger partial charge in [-0.1, -0.05) is 63.1 Å². The molecule has 1 aromatic carbocycles. The molecule has 0 amide bonds. The van der Waals surface area contributed by atoms with E-state index in [1.165, 1.54) is 49.9 Å². The number of thiophene rings is 1. The molecule has 0 saturated carbocycles. The predicted molar refractivity (Wildman–Crippen MR) is 123 cm³/mol. The molecule has 2 aromatic heterocycles. The van der Waals surface area contributed by atoms with Crippen molar-refractivity contribution in [3.63, 3.8) is 0 Å².